The number of pyridine rings is 1. The Morgan fingerprint density at radius 1 is 1.14 bits per heavy atom. The highest BCUT2D eigenvalue weighted by Crippen LogP contribution is 2.40. The van der Waals surface area contributed by atoms with E-state index in [1.54, 1.807) is 19.5 Å². The first kappa shape index (κ1) is 23.0. The fourth-order valence-electron chi connectivity index (χ4n) is 4.48. The molecule has 9 nitrogen and oxygen atoms in total. The molecule has 182 valence electrons. The fraction of sp³-hybridized carbons (Fsp3) is 0.385. The van der Waals surface area contributed by atoms with Crippen molar-refractivity contribution in [2.24, 2.45) is 5.92 Å². The molecular formula is C26H29N5O4. The molecule has 35 heavy (non-hydrogen) atoms. The Bertz CT molecular complexity index is 1150. The molecule has 0 bridgehead atoms. The topological polar surface area (TPSA) is 98.7 Å². The summed E-state index contributed by atoms with van der Waals surface area (Å²) in [6.07, 6.45) is 6.45. The number of ether oxygens (including phenoxy) is 3. The Labute approximate surface area is 204 Å². The van der Waals surface area contributed by atoms with Crippen molar-refractivity contribution in [2.75, 3.05) is 39.9 Å². The summed E-state index contributed by atoms with van der Waals surface area (Å²) in [5.41, 5.74) is 2.06. The molecule has 1 saturated heterocycles. The molecular weight excluding hydrogens is 446 g/mol. The van der Waals surface area contributed by atoms with Gasteiger partial charge in [-0.2, -0.15) is 0 Å². The number of hydrogen-bond acceptors (Lipinski definition) is 8. The molecule has 2 aliphatic heterocycles. The third-order valence-corrected chi connectivity index (χ3v) is 6.39. The summed E-state index contributed by atoms with van der Waals surface area (Å²) in [5, 5.41) is 3.54. The van der Waals surface area contributed by atoms with E-state index in [-0.39, 0.29) is 12.0 Å². The number of rotatable bonds is 7. The van der Waals surface area contributed by atoms with Gasteiger partial charge in [0.1, 0.15) is 18.4 Å². The lowest BCUT2D eigenvalue weighted by atomic mass is 9.96. The predicted molar refractivity (Wildman–Crippen MR) is 130 cm³/mol. The number of piperidine rings is 1. The maximum absolute atomic E-state index is 12.6. The van der Waals surface area contributed by atoms with Crippen LogP contribution < -0.4 is 19.5 Å². The van der Waals surface area contributed by atoms with Crippen molar-refractivity contribution in [3.05, 3.63) is 60.7 Å². The Kier molecular flexibility index (Phi) is 7.04. The molecule has 1 aromatic carbocycles. The van der Waals surface area contributed by atoms with Gasteiger partial charge in [-0.1, -0.05) is 12.1 Å². The molecule has 0 radical (unpaired) electrons. The lowest BCUT2D eigenvalue weighted by molar-refractivity contribution is 0.0676. The number of amides is 1. The quantitative estimate of drug-likeness (QED) is 0.557. The number of methoxy groups -OCH3 is 1. The number of carbonyl (C=O) groups excluding carboxylic acids is 1. The van der Waals surface area contributed by atoms with Gasteiger partial charge in [-0.05, 0) is 43.5 Å². The van der Waals surface area contributed by atoms with Gasteiger partial charge < -0.3 is 24.4 Å². The summed E-state index contributed by atoms with van der Waals surface area (Å²) in [6.45, 7) is 3.50. The molecule has 1 unspecified atom stereocenters. The van der Waals surface area contributed by atoms with Gasteiger partial charge in [0.15, 0.2) is 11.5 Å². The van der Waals surface area contributed by atoms with Crippen molar-refractivity contribution in [1.29, 1.82) is 0 Å². The smallest absolute Gasteiger partial charge is 0.274 e. The van der Waals surface area contributed by atoms with Gasteiger partial charge in [0.05, 0.1) is 19.0 Å². The maximum atomic E-state index is 12.6. The maximum Gasteiger partial charge on any atom is 0.274 e. The first-order chi connectivity index (χ1) is 17.2. The van der Waals surface area contributed by atoms with Crippen LogP contribution >= 0.6 is 0 Å². The van der Waals surface area contributed by atoms with Gasteiger partial charge in [0.25, 0.3) is 5.91 Å². The average molecular weight is 476 g/mol. The number of likely N-dealkylation sites (tertiary alicyclic amines) is 1. The molecule has 1 atom stereocenters. The Morgan fingerprint density at radius 3 is 2.80 bits per heavy atom. The molecule has 4 heterocycles. The fourth-order valence-corrected chi connectivity index (χ4v) is 4.48. The van der Waals surface area contributed by atoms with Gasteiger partial charge in [-0.15, -0.1) is 0 Å². The molecule has 0 spiro atoms. The van der Waals surface area contributed by atoms with Crippen LogP contribution in [0.25, 0.3) is 11.3 Å². The van der Waals surface area contributed by atoms with E-state index in [1.165, 1.54) is 6.20 Å². The van der Waals surface area contributed by atoms with E-state index in [2.05, 4.69) is 20.3 Å². The van der Waals surface area contributed by atoms with Crippen molar-refractivity contribution in [3.63, 3.8) is 0 Å². The third-order valence-electron chi connectivity index (χ3n) is 6.39. The van der Waals surface area contributed by atoms with E-state index in [1.807, 2.05) is 41.3 Å². The second-order valence-corrected chi connectivity index (χ2v) is 8.73. The number of benzene rings is 1. The highest BCUT2D eigenvalue weighted by molar-refractivity contribution is 5.92. The van der Waals surface area contributed by atoms with E-state index in [9.17, 15) is 4.79 Å². The first-order valence-electron chi connectivity index (χ1n) is 11.9. The highest BCUT2D eigenvalue weighted by Gasteiger charge is 2.27. The van der Waals surface area contributed by atoms with Crippen LogP contribution in [0.5, 0.6) is 17.4 Å². The van der Waals surface area contributed by atoms with Crippen LogP contribution in [0.4, 0.5) is 0 Å². The van der Waals surface area contributed by atoms with Crippen molar-refractivity contribution in [2.45, 2.75) is 18.9 Å². The second-order valence-electron chi connectivity index (χ2n) is 8.73. The van der Waals surface area contributed by atoms with Crippen molar-refractivity contribution in [3.8, 4) is 28.6 Å². The van der Waals surface area contributed by atoms with Gasteiger partial charge in [0, 0.05) is 43.7 Å². The van der Waals surface area contributed by atoms with Crippen LogP contribution in [0.15, 0.2) is 55.0 Å². The number of fused-ring (bicyclic) bond motifs is 1. The van der Waals surface area contributed by atoms with Gasteiger partial charge in [0.2, 0.25) is 5.88 Å². The van der Waals surface area contributed by atoms with E-state index in [4.69, 9.17) is 14.2 Å². The average Bonchev–Trinajstić information content (AvgIpc) is 2.93. The number of hydrogen-bond donors (Lipinski definition) is 1. The zero-order valence-corrected chi connectivity index (χ0v) is 19.7. The van der Waals surface area contributed by atoms with E-state index in [0.29, 0.717) is 36.4 Å². The van der Waals surface area contributed by atoms with Crippen LogP contribution in [0.1, 0.15) is 23.3 Å². The third kappa shape index (κ3) is 5.35. The summed E-state index contributed by atoms with van der Waals surface area (Å²) in [6, 6.07) is 11.5. The lowest BCUT2D eigenvalue weighted by Gasteiger charge is -2.32. The molecule has 3 aromatic rings. The molecule has 1 amide bonds. The van der Waals surface area contributed by atoms with Crippen LogP contribution in [0.2, 0.25) is 0 Å². The van der Waals surface area contributed by atoms with Crippen molar-refractivity contribution >= 4 is 5.91 Å². The molecule has 9 heteroatoms. The van der Waals surface area contributed by atoms with Crippen molar-refractivity contribution < 1.29 is 19.0 Å². The molecule has 1 fully saturated rings. The minimum atomic E-state index is -0.104. The molecule has 5 rings (SSSR count). The van der Waals surface area contributed by atoms with Gasteiger partial charge in [-0.25, -0.2) is 9.97 Å². The van der Waals surface area contributed by atoms with E-state index < -0.39 is 0 Å². The Balaban J connectivity index is 1.12. The molecule has 0 saturated carbocycles. The Morgan fingerprint density at radius 2 is 2.00 bits per heavy atom. The minimum Gasteiger partial charge on any atom is -0.486 e. The predicted octanol–water partition coefficient (Wildman–Crippen LogP) is 2.83. The normalized spacial score (nSPS) is 17.7. The van der Waals surface area contributed by atoms with Gasteiger partial charge in [-0.3, -0.25) is 9.78 Å². The summed E-state index contributed by atoms with van der Waals surface area (Å²) in [5.74, 6) is 2.46. The monoisotopic (exact) mass is 475 g/mol. The van der Waals surface area contributed by atoms with Crippen molar-refractivity contribution in [1.82, 2.24) is 25.2 Å². The summed E-state index contributed by atoms with van der Waals surface area (Å²) < 4.78 is 17.6. The number of nitrogens with one attached hydrogen (secondary N) is 1. The lowest BCUT2D eigenvalue weighted by Crippen LogP contribution is -2.43. The van der Waals surface area contributed by atoms with E-state index >= 15 is 0 Å². The summed E-state index contributed by atoms with van der Waals surface area (Å²) >= 11 is 0. The largest absolute Gasteiger partial charge is 0.486 e. The number of aromatic nitrogens is 3. The zero-order valence-electron chi connectivity index (χ0n) is 19.7. The molecule has 1 N–H and O–H groups in total. The number of carbonyl (C=O) groups is 1. The summed E-state index contributed by atoms with van der Waals surface area (Å²) in [4.78, 5) is 27.1. The zero-order chi connectivity index (χ0) is 24.0. The minimum absolute atomic E-state index is 0.0442. The second kappa shape index (κ2) is 10.7. The number of nitrogens with zero attached hydrogens (tertiary/aromatic N) is 4. The standard InChI is InChI=1S/C26H29N5O4/c1-33-24-7-3-5-21(30-24)20-4-2-6-23-25(20)35-19(17-34-23)15-28-14-18-8-12-31(13-9-18)26(32)22-16-27-10-11-29-22/h2-7,10-11,16,18-19,28H,8-9,12-15,17H2,1H3. The Hall–Kier alpha value is -3.72. The molecule has 0 aliphatic carbocycles. The van der Waals surface area contributed by atoms with Crippen LogP contribution in [0, 0.1) is 5.92 Å². The summed E-state index contributed by atoms with van der Waals surface area (Å²) in [7, 11) is 1.60. The van der Waals surface area contributed by atoms with Gasteiger partial charge >= 0.3 is 0 Å². The highest BCUT2D eigenvalue weighted by atomic mass is 16.6. The van der Waals surface area contributed by atoms with Crippen LogP contribution in [-0.4, -0.2) is 71.8 Å². The van der Waals surface area contributed by atoms with Crippen LogP contribution in [0.3, 0.4) is 0 Å². The first-order valence-corrected chi connectivity index (χ1v) is 11.9. The van der Waals surface area contributed by atoms with Crippen LogP contribution in [-0.2, 0) is 0 Å². The number of para-hydroxylation sites is 1. The molecule has 2 aromatic heterocycles. The molecule has 2 aliphatic rings. The van der Waals surface area contributed by atoms with E-state index in [0.717, 1.165) is 49.5 Å². The SMILES string of the molecule is COc1cccc(-c2cccc3c2OC(CNCC2CCN(C(=O)c4cnccn4)CC2)CO3)n1.